The standard InChI is InChI=1S/C12H12N4O3S/c1-7(9(17)14-11(13)18)20-12-16-15-10(19-12)8-5-3-2-4-6-8/h2-7H,1H3,(H3,13,14,17,18). The van der Waals surface area contributed by atoms with E-state index in [1.54, 1.807) is 6.92 Å². The number of imide groups is 1. The van der Waals surface area contributed by atoms with Crippen molar-refractivity contribution < 1.29 is 14.0 Å². The summed E-state index contributed by atoms with van der Waals surface area (Å²) in [4.78, 5) is 22.1. The van der Waals surface area contributed by atoms with Crippen LogP contribution in [0, 0.1) is 0 Å². The highest BCUT2D eigenvalue weighted by Gasteiger charge is 2.19. The number of rotatable bonds is 4. The molecule has 1 atom stereocenters. The maximum Gasteiger partial charge on any atom is 0.318 e. The average molecular weight is 292 g/mol. The zero-order chi connectivity index (χ0) is 14.5. The first-order valence-corrected chi connectivity index (χ1v) is 6.60. The van der Waals surface area contributed by atoms with E-state index < -0.39 is 17.2 Å². The minimum Gasteiger partial charge on any atom is -0.411 e. The van der Waals surface area contributed by atoms with E-state index in [1.165, 1.54) is 0 Å². The zero-order valence-corrected chi connectivity index (χ0v) is 11.4. The zero-order valence-electron chi connectivity index (χ0n) is 10.6. The molecule has 0 spiro atoms. The van der Waals surface area contributed by atoms with Crippen LogP contribution in [-0.4, -0.2) is 27.4 Å². The first-order valence-electron chi connectivity index (χ1n) is 5.72. The van der Waals surface area contributed by atoms with Gasteiger partial charge in [0.25, 0.3) is 5.22 Å². The largest absolute Gasteiger partial charge is 0.411 e. The van der Waals surface area contributed by atoms with Crippen LogP contribution in [0.25, 0.3) is 11.5 Å². The van der Waals surface area contributed by atoms with Gasteiger partial charge in [-0.25, -0.2) is 4.79 Å². The van der Waals surface area contributed by atoms with Crippen molar-refractivity contribution in [3.8, 4) is 11.5 Å². The molecular formula is C12H12N4O3S. The van der Waals surface area contributed by atoms with Gasteiger partial charge in [0.2, 0.25) is 11.8 Å². The second-order valence-corrected chi connectivity index (χ2v) is 5.14. The summed E-state index contributed by atoms with van der Waals surface area (Å²) in [6.45, 7) is 1.61. The van der Waals surface area contributed by atoms with E-state index in [-0.39, 0.29) is 5.22 Å². The molecule has 1 aromatic heterocycles. The van der Waals surface area contributed by atoms with E-state index >= 15 is 0 Å². The van der Waals surface area contributed by atoms with E-state index in [0.29, 0.717) is 5.89 Å². The quantitative estimate of drug-likeness (QED) is 0.824. The molecule has 0 aliphatic carbocycles. The Morgan fingerprint density at radius 2 is 2.00 bits per heavy atom. The van der Waals surface area contributed by atoms with E-state index in [4.69, 9.17) is 10.2 Å². The molecule has 2 aromatic rings. The van der Waals surface area contributed by atoms with Crippen LogP contribution >= 0.6 is 11.8 Å². The van der Waals surface area contributed by atoms with Crippen LogP contribution in [-0.2, 0) is 4.79 Å². The van der Waals surface area contributed by atoms with Crippen molar-refractivity contribution in [2.45, 2.75) is 17.4 Å². The molecule has 3 amide bonds. The minimum atomic E-state index is -0.891. The third-order valence-electron chi connectivity index (χ3n) is 2.32. The van der Waals surface area contributed by atoms with Crippen molar-refractivity contribution in [3.05, 3.63) is 30.3 Å². The third kappa shape index (κ3) is 3.58. The molecule has 1 heterocycles. The summed E-state index contributed by atoms with van der Waals surface area (Å²) in [6.07, 6.45) is 0. The number of nitrogens with one attached hydrogen (secondary N) is 1. The molecule has 2 rings (SSSR count). The normalized spacial score (nSPS) is 11.8. The van der Waals surface area contributed by atoms with Crippen LogP contribution in [0.4, 0.5) is 4.79 Å². The summed E-state index contributed by atoms with van der Waals surface area (Å²) < 4.78 is 5.44. The molecule has 0 saturated carbocycles. The Morgan fingerprint density at radius 3 is 2.65 bits per heavy atom. The average Bonchev–Trinajstić information content (AvgIpc) is 2.87. The number of hydrogen-bond donors (Lipinski definition) is 2. The molecule has 0 bridgehead atoms. The van der Waals surface area contributed by atoms with Crippen LogP contribution in [0.5, 0.6) is 0 Å². The van der Waals surface area contributed by atoms with E-state index in [9.17, 15) is 9.59 Å². The fourth-order valence-electron chi connectivity index (χ4n) is 1.38. The van der Waals surface area contributed by atoms with Crippen molar-refractivity contribution in [2.75, 3.05) is 0 Å². The van der Waals surface area contributed by atoms with E-state index in [1.807, 2.05) is 35.6 Å². The summed E-state index contributed by atoms with van der Waals surface area (Å²) in [5.74, 6) is -0.141. The Kier molecular flexibility index (Phi) is 4.36. The Labute approximate surface area is 118 Å². The summed E-state index contributed by atoms with van der Waals surface area (Å²) in [5.41, 5.74) is 5.67. The Morgan fingerprint density at radius 1 is 1.30 bits per heavy atom. The number of carbonyl (C=O) groups excluding carboxylic acids is 2. The predicted octanol–water partition coefficient (Wildman–Crippen LogP) is 1.41. The van der Waals surface area contributed by atoms with Crippen LogP contribution in [0.2, 0.25) is 0 Å². The molecule has 0 radical (unpaired) electrons. The van der Waals surface area contributed by atoms with Gasteiger partial charge in [0.15, 0.2) is 0 Å². The third-order valence-corrected chi connectivity index (χ3v) is 3.25. The highest BCUT2D eigenvalue weighted by atomic mass is 32.2. The second-order valence-electron chi connectivity index (χ2n) is 3.85. The molecule has 0 aliphatic heterocycles. The maximum absolute atomic E-state index is 11.5. The number of hydrogen-bond acceptors (Lipinski definition) is 6. The van der Waals surface area contributed by atoms with Crippen molar-refractivity contribution in [2.24, 2.45) is 5.73 Å². The number of primary amides is 1. The lowest BCUT2D eigenvalue weighted by atomic mass is 10.2. The molecule has 8 heteroatoms. The molecule has 20 heavy (non-hydrogen) atoms. The van der Waals surface area contributed by atoms with Gasteiger partial charge < -0.3 is 10.2 Å². The first kappa shape index (κ1) is 14.1. The number of thioether (sulfide) groups is 1. The summed E-state index contributed by atoms with van der Waals surface area (Å²) in [6, 6.07) is 8.38. The van der Waals surface area contributed by atoms with Gasteiger partial charge in [-0.3, -0.25) is 10.1 Å². The Hall–Kier alpha value is -2.35. The lowest BCUT2D eigenvalue weighted by Crippen LogP contribution is -2.39. The lowest BCUT2D eigenvalue weighted by Gasteiger charge is -2.06. The van der Waals surface area contributed by atoms with Crippen LogP contribution < -0.4 is 11.1 Å². The monoisotopic (exact) mass is 292 g/mol. The smallest absolute Gasteiger partial charge is 0.318 e. The fourth-order valence-corrected chi connectivity index (χ4v) is 2.07. The van der Waals surface area contributed by atoms with E-state index in [0.717, 1.165) is 17.3 Å². The van der Waals surface area contributed by atoms with Crippen molar-refractivity contribution in [3.63, 3.8) is 0 Å². The van der Waals surface area contributed by atoms with Gasteiger partial charge in [-0.2, -0.15) is 0 Å². The molecule has 7 nitrogen and oxygen atoms in total. The van der Waals surface area contributed by atoms with Crippen molar-refractivity contribution in [1.29, 1.82) is 0 Å². The molecule has 104 valence electrons. The molecule has 3 N–H and O–H groups in total. The van der Waals surface area contributed by atoms with Gasteiger partial charge in [-0.1, -0.05) is 30.0 Å². The van der Waals surface area contributed by atoms with Gasteiger partial charge in [0.05, 0.1) is 5.25 Å². The number of aromatic nitrogens is 2. The number of benzene rings is 1. The lowest BCUT2D eigenvalue weighted by molar-refractivity contribution is -0.119. The summed E-state index contributed by atoms with van der Waals surface area (Å²) >= 11 is 1.05. The number of urea groups is 1. The van der Waals surface area contributed by atoms with Crippen LogP contribution in [0.1, 0.15) is 6.92 Å². The molecular weight excluding hydrogens is 280 g/mol. The molecule has 0 fully saturated rings. The molecule has 0 aliphatic rings. The summed E-state index contributed by atoms with van der Waals surface area (Å²) in [7, 11) is 0. The van der Waals surface area contributed by atoms with Gasteiger partial charge in [-0.15, -0.1) is 10.2 Å². The van der Waals surface area contributed by atoms with Gasteiger partial charge >= 0.3 is 6.03 Å². The van der Waals surface area contributed by atoms with Crippen LogP contribution in [0.3, 0.4) is 0 Å². The highest BCUT2D eigenvalue weighted by molar-refractivity contribution is 8.00. The van der Waals surface area contributed by atoms with Crippen LogP contribution in [0.15, 0.2) is 40.0 Å². The number of carbonyl (C=O) groups is 2. The highest BCUT2D eigenvalue weighted by Crippen LogP contribution is 2.25. The second kappa shape index (κ2) is 6.20. The number of nitrogens with two attached hydrogens (primary N) is 1. The Bertz CT molecular complexity index is 614. The molecule has 0 saturated heterocycles. The number of amides is 3. The predicted molar refractivity (Wildman–Crippen MR) is 72.8 cm³/mol. The van der Waals surface area contributed by atoms with Crippen molar-refractivity contribution >= 4 is 23.7 Å². The molecule has 1 unspecified atom stereocenters. The Balaban J connectivity index is 2.03. The minimum absolute atomic E-state index is 0.246. The van der Waals surface area contributed by atoms with Gasteiger partial charge in [0.1, 0.15) is 0 Å². The topological polar surface area (TPSA) is 111 Å². The molecule has 1 aromatic carbocycles. The van der Waals surface area contributed by atoms with Gasteiger partial charge in [0, 0.05) is 5.56 Å². The summed E-state index contributed by atoms with van der Waals surface area (Å²) in [5, 5.41) is 9.40. The fraction of sp³-hybridized carbons (Fsp3) is 0.167. The van der Waals surface area contributed by atoms with E-state index in [2.05, 4.69) is 10.2 Å². The van der Waals surface area contributed by atoms with Crippen molar-refractivity contribution in [1.82, 2.24) is 15.5 Å². The maximum atomic E-state index is 11.5. The van der Waals surface area contributed by atoms with Gasteiger partial charge in [-0.05, 0) is 19.1 Å². The first-order chi connectivity index (χ1) is 9.56. The number of nitrogens with zero attached hydrogens (tertiary/aromatic N) is 2. The SMILES string of the molecule is CC(Sc1nnc(-c2ccccc2)o1)C(=O)NC(N)=O.